The molecule has 0 aromatic carbocycles. The first-order chi connectivity index (χ1) is 6.74. The van der Waals surface area contributed by atoms with E-state index in [4.69, 9.17) is 5.73 Å². The molecule has 2 N–H and O–H groups in total. The molecular weight excluding hydrogens is 192 g/mol. The molecule has 1 fully saturated rings. The Morgan fingerprint density at radius 2 is 2.14 bits per heavy atom. The van der Waals surface area contributed by atoms with Crippen molar-refractivity contribution in [2.24, 2.45) is 5.92 Å². The van der Waals surface area contributed by atoms with Crippen molar-refractivity contribution in [3.8, 4) is 0 Å². The lowest BCUT2D eigenvalue weighted by atomic mass is 9.99. The van der Waals surface area contributed by atoms with E-state index in [0.717, 1.165) is 17.5 Å². The third-order valence-electron chi connectivity index (χ3n) is 2.94. The fourth-order valence-electron chi connectivity index (χ4n) is 1.92. The van der Waals surface area contributed by atoms with Crippen LogP contribution in [-0.2, 0) is 6.54 Å². The van der Waals surface area contributed by atoms with Crippen LogP contribution in [0.3, 0.4) is 0 Å². The highest BCUT2D eigenvalue weighted by atomic mass is 32.1. The second-order valence-corrected chi connectivity index (χ2v) is 5.46. The zero-order valence-corrected chi connectivity index (χ0v) is 9.52. The lowest BCUT2D eigenvalue weighted by molar-refractivity contribution is 0.186. The van der Waals surface area contributed by atoms with Crippen molar-refractivity contribution in [1.82, 2.24) is 4.90 Å². The first-order valence-corrected chi connectivity index (χ1v) is 6.12. The molecular formula is C11H18N2S. The molecule has 2 nitrogen and oxygen atoms in total. The van der Waals surface area contributed by atoms with E-state index in [1.165, 1.54) is 30.8 Å². The van der Waals surface area contributed by atoms with E-state index in [2.05, 4.69) is 17.9 Å². The number of nitrogens with two attached hydrogens (primary N) is 1. The van der Waals surface area contributed by atoms with Crippen molar-refractivity contribution < 1.29 is 0 Å². The molecule has 0 aliphatic carbocycles. The lowest BCUT2D eigenvalue weighted by Gasteiger charge is -2.29. The van der Waals surface area contributed by atoms with Crippen LogP contribution in [0.25, 0.3) is 0 Å². The van der Waals surface area contributed by atoms with Crippen LogP contribution in [0.4, 0.5) is 5.00 Å². The summed E-state index contributed by atoms with van der Waals surface area (Å²) in [5, 5.41) is 0.936. The van der Waals surface area contributed by atoms with Gasteiger partial charge in [0.1, 0.15) is 0 Å². The summed E-state index contributed by atoms with van der Waals surface area (Å²) in [5.74, 6) is 0.916. The van der Waals surface area contributed by atoms with Gasteiger partial charge in [-0.25, -0.2) is 0 Å². The molecule has 0 amide bonds. The van der Waals surface area contributed by atoms with E-state index in [-0.39, 0.29) is 0 Å². The monoisotopic (exact) mass is 210 g/mol. The molecule has 0 unspecified atom stereocenters. The number of hydrogen-bond acceptors (Lipinski definition) is 3. The molecule has 2 heterocycles. The summed E-state index contributed by atoms with van der Waals surface area (Å²) in [7, 11) is 0. The normalized spacial score (nSPS) is 20.1. The van der Waals surface area contributed by atoms with Crippen LogP contribution in [0.1, 0.15) is 24.6 Å². The lowest BCUT2D eigenvalue weighted by Crippen LogP contribution is -2.32. The summed E-state index contributed by atoms with van der Waals surface area (Å²) < 4.78 is 0. The molecule has 1 aromatic rings. The van der Waals surface area contributed by atoms with Gasteiger partial charge >= 0.3 is 0 Å². The molecule has 3 heteroatoms. The van der Waals surface area contributed by atoms with Crippen molar-refractivity contribution in [3.05, 3.63) is 17.0 Å². The quantitative estimate of drug-likeness (QED) is 0.813. The summed E-state index contributed by atoms with van der Waals surface area (Å²) in [6.07, 6.45) is 2.70. The molecule has 1 aliphatic heterocycles. The highest BCUT2D eigenvalue weighted by Gasteiger charge is 2.15. The Bertz CT molecular complexity index is 287. The van der Waals surface area contributed by atoms with Crippen LogP contribution < -0.4 is 5.73 Å². The summed E-state index contributed by atoms with van der Waals surface area (Å²) in [5.41, 5.74) is 5.71. The molecule has 0 saturated carbocycles. The molecule has 0 radical (unpaired) electrons. The zero-order chi connectivity index (χ0) is 9.97. The molecule has 0 atom stereocenters. The van der Waals surface area contributed by atoms with Gasteiger partial charge in [-0.1, -0.05) is 6.92 Å². The van der Waals surface area contributed by atoms with E-state index in [0.29, 0.717) is 0 Å². The number of anilines is 1. The van der Waals surface area contributed by atoms with E-state index >= 15 is 0 Å². The average molecular weight is 210 g/mol. The van der Waals surface area contributed by atoms with Gasteiger partial charge < -0.3 is 5.73 Å². The number of nitrogens with zero attached hydrogens (tertiary/aromatic N) is 1. The van der Waals surface area contributed by atoms with Gasteiger partial charge in [-0.3, -0.25) is 4.90 Å². The minimum Gasteiger partial charge on any atom is -0.391 e. The second kappa shape index (κ2) is 4.32. The number of hydrogen-bond donors (Lipinski definition) is 1. The highest BCUT2D eigenvalue weighted by Crippen LogP contribution is 2.23. The van der Waals surface area contributed by atoms with E-state index in [9.17, 15) is 0 Å². The van der Waals surface area contributed by atoms with E-state index < -0.39 is 0 Å². The third kappa shape index (κ3) is 2.49. The van der Waals surface area contributed by atoms with Gasteiger partial charge in [0, 0.05) is 11.4 Å². The van der Waals surface area contributed by atoms with Crippen molar-refractivity contribution in [2.45, 2.75) is 26.3 Å². The summed E-state index contributed by atoms with van der Waals surface area (Å²) in [6.45, 7) is 5.94. The van der Waals surface area contributed by atoms with Crippen molar-refractivity contribution in [3.63, 3.8) is 0 Å². The molecule has 0 spiro atoms. The Labute approximate surface area is 89.7 Å². The van der Waals surface area contributed by atoms with Crippen molar-refractivity contribution in [1.29, 1.82) is 0 Å². The van der Waals surface area contributed by atoms with Crippen molar-refractivity contribution in [2.75, 3.05) is 18.8 Å². The molecule has 2 rings (SSSR count). The molecule has 1 saturated heterocycles. The largest absolute Gasteiger partial charge is 0.391 e. The van der Waals surface area contributed by atoms with Crippen LogP contribution in [-0.4, -0.2) is 18.0 Å². The van der Waals surface area contributed by atoms with Crippen molar-refractivity contribution >= 4 is 16.3 Å². The van der Waals surface area contributed by atoms with Crippen LogP contribution in [0, 0.1) is 5.92 Å². The topological polar surface area (TPSA) is 29.3 Å². The van der Waals surface area contributed by atoms with E-state index in [1.807, 2.05) is 6.07 Å². The second-order valence-electron chi connectivity index (χ2n) is 4.26. The minimum absolute atomic E-state index is 0.916. The third-order valence-corrected chi connectivity index (χ3v) is 3.84. The number of thiophene rings is 1. The Balaban J connectivity index is 1.86. The molecule has 78 valence electrons. The van der Waals surface area contributed by atoms with Gasteiger partial charge in [0.2, 0.25) is 0 Å². The number of rotatable bonds is 2. The fourth-order valence-corrected chi connectivity index (χ4v) is 2.74. The number of nitrogen functional groups attached to an aromatic ring is 1. The minimum atomic E-state index is 0.916. The predicted octanol–water partition coefficient (Wildman–Crippen LogP) is 2.56. The van der Waals surface area contributed by atoms with E-state index in [1.54, 1.807) is 11.3 Å². The van der Waals surface area contributed by atoms with Crippen LogP contribution in [0.5, 0.6) is 0 Å². The Kier molecular flexibility index (Phi) is 3.08. The predicted molar refractivity (Wildman–Crippen MR) is 62.4 cm³/mol. The smallest absolute Gasteiger partial charge is 0.0859 e. The first kappa shape index (κ1) is 9.99. The molecule has 1 aromatic heterocycles. The van der Waals surface area contributed by atoms with Gasteiger partial charge in [0.15, 0.2) is 0 Å². The molecule has 1 aliphatic rings. The van der Waals surface area contributed by atoms with Gasteiger partial charge in [-0.2, -0.15) is 0 Å². The Morgan fingerprint density at radius 3 is 2.71 bits per heavy atom. The maximum atomic E-state index is 5.71. The Morgan fingerprint density at radius 1 is 1.43 bits per heavy atom. The number of piperidine rings is 1. The Hall–Kier alpha value is -0.540. The SMILES string of the molecule is CC1CCN(Cc2ccc(N)s2)CC1. The first-order valence-electron chi connectivity index (χ1n) is 5.30. The average Bonchev–Trinajstić information content (AvgIpc) is 2.56. The molecule has 14 heavy (non-hydrogen) atoms. The van der Waals surface area contributed by atoms with Gasteiger partial charge in [0.25, 0.3) is 0 Å². The van der Waals surface area contributed by atoms with Gasteiger partial charge in [-0.05, 0) is 44.0 Å². The zero-order valence-electron chi connectivity index (χ0n) is 8.70. The highest BCUT2D eigenvalue weighted by molar-refractivity contribution is 7.15. The summed E-state index contributed by atoms with van der Waals surface area (Å²) in [6, 6.07) is 4.16. The van der Waals surface area contributed by atoms with Crippen LogP contribution >= 0.6 is 11.3 Å². The van der Waals surface area contributed by atoms with Crippen LogP contribution in [0.2, 0.25) is 0 Å². The summed E-state index contributed by atoms with van der Waals surface area (Å²) >= 11 is 1.72. The van der Waals surface area contributed by atoms with Gasteiger partial charge in [-0.15, -0.1) is 11.3 Å². The maximum absolute atomic E-state index is 5.71. The van der Waals surface area contributed by atoms with Crippen LogP contribution in [0.15, 0.2) is 12.1 Å². The molecule has 0 bridgehead atoms. The summed E-state index contributed by atoms with van der Waals surface area (Å²) in [4.78, 5) is 3.93. The maximum Gasteiger partial charge on any atom is 0.0859 e. The standard InChI is InChI=1S/C11H18N2S/c1-9-4-6-13(7-5-9)8-10-2-3-11(12)14-10/h2-3,9H,4-8,12H2,1H3. The fraction of sp³-hybridized carbons (Fsp3) is 0.636. The van der Waals surface area contributed by atoms with Gasteiger partial charge in [0.05, 0.1) is 5.00 Å². The number of likely N-dealkylation sites (tertiary alicyclic amines) is 1.